The maximum absolute atomic E-state index is 4.28. The van der Waals surface area contributed by atoms with Crippen molar-refractivity contribution in [3.05, 3.63) is 24.3 Å². The molecule has 1 unspecified atom stereocenters. The van der Waals surface area contributed by atoms with E-state index in [1.165, 1.54) is 0 Å². The van der Waals surface area contributed by atoms with Crippen molar-refractivity contribution in [1.29, 1.82) is 0 Å². The topological polar surface area (TPSA) is 37.8 Å². The summed E-state index contributed by atoms with van der Waals surface area (Å²) in [6.07, 6.45) is 6.30. The highest BCUT2D eigenvalue weighted by atomic mass is 15.0. The normalized spacial score (nSPS) is 13.2. The molecule has 1 atom stereocenters. The Bertz CT molecular complexity index is 233. The first kappa shape index (κ1) is 10.1. The summed E-state index contributed by atoms with van der Waals surface area (Å²) in [6, 6.07) is 0.806. The van der Waals surface area contributed by atoms with Crippen molar-refractivity contribution in [2.75, 3.05) is 0 Å². The minimum Gasteiger partial charge on any atom is -0.306 e. The predicted octanol–water partition coefficient (Wildman–Crippen LogP) is 1.93. The molecule has 0 aliphatic carbocycles. The van der Waals surface area contributed by atoms with E-state index >= 15 is 0 Å². The molecule has 0 amide bonds. The molecule has 0 spiro atoms. The Morgan fingerprint density at radius 2 is 2.15 bits per heavy atom. The molecule has 1 aromatic rings. The molecule has 1 heterocycles. The lowest BCUT2D eigenvalue weighted by atomic mass is 10.1. The van der Waals surface area contributed by atoms with Crippen LogP contribution in [-0.4, -0.2) is 16.0 Å². The Hall–Kier alpha value is -0.960. The molecule has 0 saturated heterocycles. The number of hydrogen-bond donors (Lipinski definition) is 1. The molecular formula is C10H17N3. The fourth-order valence-corrected chi connectivity index (χ4v) is 1.31. The van der Waals surface area contributed by atoms with Crippen LogP contribution in [0.1, 0.15) is 38.9 Å². The summed E-state index contributed by atoms with van der Waals surface area (Å²) >= 11 is 0. The molecule has 0 fully saturated rings. The van der Waals surface area contributed by atoms with Crippen LogP contribution in [0.2, 0.25) is 0 Å². The second-order valence-corrected chi connectivity index (χ2v) is 3.41. The smallest absolute Gasteiger partial charge is 0.0756 e. The van der Waals surface area contributed by atoms with Crippen molar-refractivity contribution in [1.82, 2.24) is 15.3 Å². The van der Waals surface area contributed by atoms with Crippen molar-refractivity contribution >= 4 is 0 Å². The molecule has 0 bridgehead atoms. The molecule has 72 valence electrons. The van der Waals surface area contributed by atoms with Crippen molar-refractivity contribution in [3.63, 3.8) is 0 Å². The maximum Gasteiger partial charge on any atom is 0.0756 e. The molecule has 1 rings (SSSR count). The lowest BCUT2D eigenvalue weighted by Gasteiger charge is -2.18. The van der Waals surface area contributed by atoms with E-state index in [9.17, 15) is 0 Å². The van der Waals surface area contributed by atoms with Gasteiger partial charge in [-0.15, -0.1) is 0 Å². The lowest BCUT2D eigenvalue weighted by Crippen LogP contribution is -2.28. The van der Waals surface area contributed by atoms with Gasteiger partial charge in [-0.05, 0) is 6.42 Å². The minimum atomic E-state index is 0.327. The van der Waals surface area contributed by atoms with Crippen LogP contribution in [0.15, 0.2) is 18.6 Å². The van der Waals surface area contributed by atoms with Crippen molar-refractivity contribution < 1.29 is 0 Å². The highest BCUT2D eigenvalue weighted by Crippen LogP contribution is 2.12. The van der Waals surface area contributed by atoms with Gasteiger partial charge in [0.15, 0.2) is 0 Å². The van der Waals surface area contributed by atoms with Crippen LogP contribution in [0.25, 0.3) is 0 Å². The van der Waals surface area contributed by atoms with Crippen LogP contribution < -0.4 is 5.32 Å². The molecule has 0 saturated carbocycles. The fraction of sp³-hybridized carbons (Fsp3) is 0.600. The molecule has 0 aliphatic rings. The Morgan fingerprint density at radius 1 is 1.38 bits per heavy atom. The van der Waals surface area contributed by atoms with E-state index in [1.54, 1.807) is 12.4 Å². The molecule has 3 nitrogen and oxygen atoms in total. The van der Waals surface area contributed by atoms with Crippen LogP contribution in [0, 0.1) is 0 Å². The van der Waals surface area contributed by atoms with E-state index in [1.807, 2.05) is 6.20 Å². The summed E-state index contributed by atoms with van der Waals surface area (Å²) in [4.78, 5) is 8.34. The average Bonchev–Trinajstić information content (AvgIpc) is 2.15. The number of nitrogens with zero attached hydrogens (tertiary/aromatic N) is 2. The van der Waals surface area contributed by atoms with Gasteiger partial charge >= 0.3 is 0 Å². The van der Waals surface area contributed by atoms with Gasteiger partial charge in [0.2, 0.25) is 0 Å². The third kappa shape index (κ3) is 3.11. The first-order valence-electron chi connectivity index (χ1n) is 4.76. The largest absolute Gasteiger partial charge is 0.306 e. The van der Waals surface area contributed by atoms with Crippen LogP contribution >= 0.6 is 0 Å². The monoisotopic (exact) mass is 179 g/mol. The van der Waals surface area contributed by atoms with E-state index in [0.29, 0.717) is 12.1 Å². The van der Waals surface area contributed by atoms with E-state index in [0.717, 1.165) is 12.1 Å². The van der Waals surface area contributed by atoms with Gasteiger partial charge in [-0.1, -0.05) is 20.8 Å². The van der Waals surface area contributed by atoms with Crippen molar-refractivity contribution in [2.24, 2.45) is 0 Å². The lowest BCUT2D eigenvalue weighted by molar-refractivity contribution is 0.456. The Balaban J connectivity index is 2.67. The highest BCUT2D eigenvalue weighted by molar-refractivity contribution is 5.01. The summed E-state index contributed by atoms with van der Waals surface area (Å²) < 4.78 is 0. The molecule has 13 heavy (non-hydrogen) atoms. The second kappa shape index (κ2) is 4.92. The molecule has 3 heteroatoms. The van der Waals surface area contributed by atoms with Gasteiger partial charge in [0, 0.05) is 24.6 Å². The van der Waals surface area contributed by atoms with Gasteiger partial charge in [0.05, 0.1) is 11.7 Å². The van der Waals surface area contributed by atoms with Gasteiger partial charge in [-0.2, -0.15) is 0 Å². The summed E-state index contributed by atoms with van der Waals surface area (Å²) in [5.41, 5.74) is 1.03. The van der Waals surface area contributed by atoms with E-state index in [-0.39, 0.29) is 0 Å². The number of nitrogens with one attached hydrogen (secondary N) is 1. The average molecular weight is 179 g/mol. The van der Waals surface area contributed by atoms with Crippen molar-refractivity contribution in [3.8, 4) is 0 Å². The Labute approximate surface area is 79.6 Å². The van der Waals surface area contributed by atoms with E-state index in [4.69, 9.17) is 0 Å². The standard InChI is InChI=1S/C10H17N3/c1-4-9(13-8(2)3)10-7-11-5-6-12-10/h5-9,13H,4H2,1-3H3. The SMILES string of the molecule is CCC(NC(C)C)c1cnccn1. The minimum absolute atomic E-state index is 0.327. The zero-order chi connectivity index (χ0) is 9.68. The molecule has 0 aliphatic heterocycles. The first-order chi connectivity index (χ1) is 6.24. The zero-order valence-corrected chi connectivity index (χ0v) is 8.49. The zero-order valence-electron chi connectivity index (χ0n) is 8.49. The van der Waals surface area contributed by atoms with E-state index < -0.39 is 0 Å². The van der Waals surface area contributed by atoms with Crippen LogP contribution in [0.3, 0.4) is 0 Å². The summed E-state index contributed by atoms with van der Waals surface area (Å²) in [7, 11) is 0. The third-order valence-corrected chi connectivity index (χ3v) is 1.88. The Kier molecular flexibility index (Phi) is 3.83. The molecule has 0 radical (unpaired) electrons. The highest BCUT2D eigenvalue weighted by Gasteiger charge is 2.10. The number of hydrogen-bond acceptors (Lipinski definition) is 3. The van der Waals surface area contributed by atoms with Crippen LogP contribution in [0.5, 0.6) is 0 Å². The second-order valence-electron chi connectivity index (χ2n) is 3.41. The van der Waals surface area contributed by atoms with Gasteiger partial charge in [-0.25, -0.2) is 0 Å². The predicted molar refractivity (Wildman–Crippen MR) is 53.3 cm³/mol. The van der Waals surface area contributed by atoms with E-state index in [2.05, 4.69) is 36.1 Å². The summed E-state index contributed by atoms with van der Waals surface area (Å²) in [5.74, 6) is 0. The third-order valence-electron chi connectivity index (χ3n) is 1.88. The summed E-state index contributed by atoms with van der Waals surface area (Å²) in [6.45, 7) is 6.42. The van der Waals surface area contributed by atoms with Gasteiger partial charge < -0.3 is 5.32 Å². The number of rotatable bonds is 4. The van der Waals surface area contributed by atoms with Crippen LogP contribution in [0.4, 0.5) is 0 Å². The van der Waals surface area contributed by atoms with Crippen molar-refractivity contribution in [2.45, 2.75) is 39.3 Å². The van der Waals surface area contributed by atoms with Crippen LogP contribution in [-0.2, 0) is 0 Å². The number of aromatic nitrogens is 2. The van der Waals surface area contributed by atoms with Gasteiger partial charge in [0.1, 0.15) is 0 Å². The van der Waals surface area contributed by atoms with Gasteiger partial charge in [0.25, 0.3) is 0 Å². The molecular weight excluding hydrogens is 162 g/mol. The quantitative estimate of drug-likeness (QED) is 0.767. The summed E-state index contributed by atoms with van der Waals surface area (Å²) in [5, 5.41) is 3.44. The van der Waals surface area contributed by atoms with Gasteiger partial charge in [-0.3, -0.25) is 9.97 Å². The Morgan fingerprint density at radius 3 is 2.62 bits per heavy atom. The molecule has 0 aromatic carbocycles. The first-order valence-corrected chi connectivity index (χ1v) is 4.76. The fourth-order valence-electron chi connectivity index (χ4n) is 1.31. The molecule has 1 aromatic heterocycles. The maximum atomic E-state index is 4.28. The molecule has 1 N–H and O–H groups in total.